The fourth-order valence-electron chi connectivity index (χ4n) is 3.40. The first kappa shape index (κ1) is 15.8. The van der Waals surface area contributed by atoms with E-state index in [9.17, 15) is 13.2 Å². The maximum Gasteiger partial charge on any atom is 0.238 e. The van der Waals surface area contributed by atoms with Crippen molar-refractivity contribution in [3.8, 4) is 0 Å². The largest absolute Gasteiger partial charge is 0.348 e. The van der Waals surface area contributed by atoms with Crippen molar-refractivity contribution in [2.45, 2.75) is 37.8 Å². The summed E-state index contributed by atoms with van der Waals surface area (Å²) in [6, 6.07) is 5.07. The van der Waals surface area contributed by atoms with Gasteiger partial charge in [-0.25, -0.2) is 8.42 Å². The molecule has 1 amide bonds. The summed E-state index contributed by atoms with van der Waals surface area (Å²) in [5, 5.41) is 3.71. The third kappa shape index (κ3) is 3.00. The average molecular weight is 343 g/mol. The second-order valence-electron chi connectivity index (χ2n) is 5.97. The van der Waals surface area contributed by atoms with Crippen molar-refractivity contribution in [2.75, 3.05) is 12.8 Å². The smallest absolute Gasteiger partial charge is 0.238 e. The maximum atomic E-state index is 12.5. The standard InChI is InChI=1S/C15H19ClN2O3S/c1-22(20,21)18-8-2-3-14(18)15(19)17-13-7-4-10-9-11(16)5-6-12(10)13/h5-6,9,13-14H,2-4,7-8H2,1H3,(H,17,19)/t13-,14+/m0/s1. The molecule has 22 heavy (non-hydrogen) atoms. The Morgan fingerprint density at radius 3 is 2.86 bits per heavy atom. The lowest BCUT2D eigenvalue weighted by molar-refractivity contribution is -0.124. The summed E-state index contributed by atoms with van der Waals surface area (Å²) < 4.78 is 24.8. The average Bonchev–Trinajstić information content (AvgIpc) is 3.05. The van der Waals surface area contributed by atoms with Crippen molar-refractivity contribution in [1.82, 2.24) is 9.62 Å². The summed E-state index contributed by atoms with van der Waals surface area (Å²) in [7, 11) is -3.34. The normalized spacial score (nSPS) is 25.2. The van der Waals surface area contributed by atoms with Crippen LogP contribution in [0.2, 0.25) is 5.02 Å². The van der Waals surface area contributed by atoms with Crippen LogP contribution in [0.5, 0.6) is 0 Å². The van der Waals surface area contributed by atoms with E-state index in [0.717, 1.165) is 36.6 Å². The van der Waals surface area contributed by atoms with Crippen molar-refractivity contribution >= 4 is 27.5 Å². The molecule has 1 N–H and O–H groups in total. The number of hydrogen-bond donors (Lipinski definition) is 1. The van der Waals surface area contributed by atoms with Gasteiger partial charge in [-0.15, -0.1) is 0 Å². The Bertz CT molecular complexity index is 705. The molecule has 1 fully saturated rings. The van der Waals surface area contributed by atoms with Gasteiger partial charge in [0.15, 0.2) is 0 Å². The summed E-state index contributed by atoms with van der Waals surface area (Å²) >= 11 is 5.99. The number of amides is 1. The molecule has 0 radical (unpaired) electrons. The molecular weight excluding hydrogens is 324 g/mol. The van der Waals surface area contributed by atoms with E-state index in [-0.39, 0.29) is 11.9 Å². The molecule has 3 rings (SSSR count). The molecule has 5 nitrogen and oxygen atoms in total. The summed E-state index contributed by atoms with van der Waals surface area (Å²) in [4.78, 5) is 12.5. The summed E-state index contributed by atoms with van der Waals surface area (Å²) in [6.07, 6.45) is 4.17. The zero-order chi connectivity index (χ0) is 15.9. The SMILES string of the molecule is CS(=O)(=O)N1CCC[C@@H]1C(=O)N[C@H]1CCc2cc(Cl)ccc21. The van der Waals surface area contributed by atoms with Gasteiger partial charge in [0.1, 0.15) is 6.04 Å². The number of carbonyl (C=O) groups is 1. The first-order valence-electron chi connectivity index (χ1n) is 7.42. The number of sulfonamides is 1. The first-order valence-corrected chi connectivity index (χ1v) is 9.64. The Hall–Kier alpha value is -1.11. The monoisotopic (exact) mass is 342 g/mol. The van der Waals surface area contributed by atoms with E-state index < -0.39 is 16.1 Å². The van der Waals surface area contributed by atoms with Crippen molar-refractivity contribution in [2.24, 2.45) is 0 Å². The number of nitrogens with zero attached hydrogens (tertiary/aromatic N) is 1. The highest BCUT2D eigenvalue weighted by Gasteiger charge is 2.37. The lowest BCUT2D eigenvalue weighted by atomic mass is 10.1. The molecule has 0 bridgehead atoms. The van der Waals surface area contributed by atoms with Gasteiger partial charge in [-0.3, -0.25) is 4.79 Å². The van der Waals surface area contributed by atoms with E-state index in [2.05, 4.69) is 5.32 Å². The van der Waals surface area contributed by atoms with Crippen LogP contribution in [-0.4, -0.2) is 37.5 Å². The Balaban J connectivity index is 1.74. The molecule has 0 unspecified atom stereocenters. The van der Waals surface area contributed by atoms with E-state index in [1.165, 1.54) is 4.31 Å². The summed E-state index contributed by atoms with van der Waals surface area (Å²) in [5.41, 5.74) is 2.24. The van der Waals surface area contributed by atoms with Crippen LogP contribution in [0.25, 0.3) is 0 Å². The predicted octanol–water partition coefficient (Wildman–Crippen LogP) is 1.87. The molecule has 120 valence electrons. The second-order valence-corrected chi connectivity index (χ2v) is 8.35. The van der Waals surface area contributed by atoms with Crippen LogP contribution in [0.1, 0.15) is 36.4 Å². The minimum absolute atomic E-state index is 0.0539. The van der Waals surface area contributed by atoms with Crippen LogP contribution in [0.3, 0.4) is 0 Å². The van der Waals surface area contributed by atoms with E-state index in [4.69, 9.17) is 11.6 Å². The van der Waals surface area contributed by atoms with Crippen LogP contribution < -0.4 is 5.32 Å². The minimum Gasteiger partial charge on any atom is -0.348 e. The number of fused-ring (bicyclic) bond motifs is 1. The third-order valence-corrected chi connectivity index (χ3v) is 5.96. The number of carbonyl (C=O) groups excluding carboxylic acids is 1. The molecule has 1 aliphatic carbocycles. The van der Waals surface area contributed by atoms with Gasteiger partial charge >= 0.3 is 0 Å². The van der Waals surface area contributed by atoms with Gasteiger partial charge in [0.05, 0.1) is 12.3 Å². The van der Waals surface area contributed by atoms with E-state index >= 15 is 0 Å². The highest BCUT2D eigenvalue weighted by Crippen LogP contribution is 2.33. The van der Waals surface area contributed by atoms with E-state index in [0.29, 0.717) is 18.0 Å². The number of rotatable bonds is 3. The van der Waals surface area contributed by atoms with Gasteiger partial charge in [0, 0.05) is 11.6 Å². The molecule has 0 aromatic heterocycles. The number of benzene rings is 1. The molecule has 2 aliphatic rings. The molecule has 1 saturated heterocycles. The van der Waals surface area contributed by atoms with Crippen molar-refractivity contribution in [3.63, 3.8) is 0 Å². The highest BCUT2D eigenvalue weighted by atomic mass is 35.5. The molecular formula is C15H19ClN2O3S. The lowest BCUT2D eigenvalue weighted by Gasteiger charge is -2.23. The van der Waals surface area contributed by atoms with Gasteiger partial charge in [-0.2, -0.15) is 4.31 Å². The molecule has 2 atom stereocenters. The predicted molar refractivity (Wildman–Crippen MR) is 85.2 cm³/mol. The topological polar surface area (TPSA) is 66.5 Å². The lowest BCUT2D eigenvalue weighted by Crippen LogP contribution is -2.46. The summed E-state index contributed by atoms with van der Waals surface area (Å²) in [6.45, 7) is 0.424. The van der Waals surface area contributed by atoms with Crippen LogP contribution in [0.4, 0.5) is 0 Å². The van der Waals surface area contributed by atoms with Crippen molar-refractivity contribution < 1.29 is 13.2 Å². The molecule has 1 aromatic rings. The fraction of sp³-hybridized carbons (Fsp3) is 0.533. The molecule has 0 saturated carbocycles. The number of hydrogen-bond acceptors (Lipinski definition) is 3. The minimum atomic E-state index is -3.34. The van der Waals surface area contributed by atoms with E-state index in [1.807, 2.05) is 18.2 Å². The summed E-state index contributed by atoms with van der Waals surface area (Å²) in [5.74, 6) is -0.198. The number of nitrogens with one attached hydrogen (secondary N) is 1. The molecule has 1 aliphatic heterocycles. The Morgan fingerprint density at radius 1 is 1.36 bits per heavy atom. The Kier molecular flexibility index (Phi) is 4.18. The van der Waals surface area contributed by atoms with Crippen LogP contribution in [0, 0.1) is 0 Å². The van der Waals surface area contributed by atoms with Crippen molar-refractivity contribution in [3.05, 3.63) is 34.3 Å². The Labute approximate surface area is 135 Å². The fourth-order valence-corrected chi connectivity index (χ4v) is 4.72. The highest BCUT2D eigenvalue weighted by molar-refractivity contribution is 7.88. The Morgan fingerprint density at radius 2 is 2.14 bits per heavy atom. The second kappa shape index (κ2) is 5.83. The zero-order valence-corrected chi connectivity index (χ0v) is 14.0. The van der Waals surface area contributed by atoms with Gasteiger partial charge in [-0.05, 0) is 48.9 Å². The van der Waals surface area contributed by atoms with Crippen LogP contribution in [-0.2, 0) is 21.2 Å². The van der Waals surface area contributed by atoms with Gasteiger partial charge in [0.2, 0.25) is 15.9 Å². The molecule has 7 heteroatoms. The number of aryl methyl sites for hydroxylation is 1. The van der Waals surface area contributed by atoms with Gasteiger partial charge < -0.3 is 5.32 Å². The first-order chi connectivity index (χ1) is 10.4. The van der Waals surface area contributed by atoms with Gasteiger partial charge in [-0.1, -0.05) is 17.7 Å². The van der Waals surface area contributed by atoms with Crippen molar-refractivity contribution in [1.29, 1.82) is 0 Å². The third-order valence-electron chi connectivity index (χ3n) is 4.43. The molecule has 1 aromatic carbocycles. The molecule has 0 spiro atoms. The van der Waals surface area contributed by atoms with E-state index in [1.54, 1.807) is 0 Å². The quantitative estimate of drug-likeness (QED) is 0.911. The zero-order valence-electron chi connectivity index (χ0n) is 12.4. The van der Waals surface area contributed by atoms with Gasteiger partial charge in [0.25, 0.3) is 0 Å². The number of halogens is 1. The molecule has 1 heterocycles. The van der Waals surface area contributed by atoms with Crippen LogP contribution >= 0.6 is 11.6 Å². The maximum absolute atomic E-state index is 12.5. The van der Waals surface area contributed by atoms with Crippen LogP contribution in [0.15, 0.2) is 18.2 Å².